The number of pyridine rings is 1. The lowest BCUT2D eigenvalue weighted by Gasteiger charge is -2.17. The molecule has 9 rings (SSSR count). The van der Waals surface area contributed by atoms with Crippen molar-refractivity contribution in [3.8, 4) is 44.6 Å². The highest BCUT2D eigenvalue weighted by molar-refractivity contribution is 6.21. The Bertz CT molecular complexity index is 2450. The van der Waals surface area contributed by atoms with Crippen molar-refractivity contribution in [2.75, 3.05) is 0 Å². The molecule has 0 saturated heterocycles. The Morgan fingerprint density at radius 1 is 0.333 bits per heavy atom. The number of rotatable bonds is 4. The summed E-state index contributed by atoms with van der Waals surface area (Å²) in [5, 5.41) is 7.18. The van der Waals surface area contributed by atoms with Crippen molar-refractivity contribution >= 4 is 43.5 Å². The average Bonchev–Trinajstić information content (AvgIpc) is 3.49. The Morgan fingerprint density at radius 2 is 0.844 bits per heavy atom. The van der Waals surface area contributed by atoms with Gasteiger partial charge in [0, 0.05) is 28.1 Å². The van der Waals surface area contributed by atoms with Gasteiger partial charge in [0.2, 0.25) is 0 Å². The van der Waals surface area contributed by atoms with Crippen LogP contribution in [0, 0.1) is 0 Å². The zero-order chi connectivity index (χ0) is 29.7. The van der Waals surface area contributed by atoms with Crippen LogP contribution in [0.15, 0.2) is 168 Å². The standard InChI is InChI=1S/C43H27NO/c1-2-10-30(11-3-1)42-34-13-4-6-15-36(34)43(37-16-7-5-14-35(37)42)39-24-22-32(27-44-39)29-20-18-28(19-21-29)31-23-25-41-38(26-31)33-12-8-9-17-40(33)45-41/h1-27H. The van der Waals surface area contributed by atoms with Crippen LogP contribution in [0.5, 0.6) is 0 Å². The summed E-state index contributed by atoms with van der Waals surface area (Å²) in [6.07, 6.45) is 2.00. The number of benzene rings is 7. The molecule has 0 aliphatic heterocycles. The van der Waals surface area contributed by atoms with Crippen LogP contribution in [0.3, 0.4) is 0 Å². The molecular weight excluding hydrogens is 546 g/mol. The first-order chi connectivity index (χ1) is 22.3. The lowest BCUT2D eigenvalue weighted by atomic mass is 9.87. The van der Waals surface area contributed by atoms with E-state index in [1.54, 1.807) is 0 Å². The third kappa shape index (κ3) is 4.22. The molecule has 2 heteroatoms. The van der Waals surface area contributed by atoms with Gasteiger partial charge in [0.25, 0.3) is 0 Å². The molecule has 210 valence electrons. The van der Waals surface area contributed by atoms with E-state index in [0.29, 0.717) is 0 Å². The molecule has 0 amide bonds. The van der Waals surface area contributed by atoms with Gasteiger partial charge in [-0.1, -0.05) is 133 Å². The number of para-hydroxylation sites is 1. The van der Waals surface area contributed by atoms with Gasteiger partial charge in [0.05, 0.1) is 5.69 Å². The van der Waals surface area contributed by atoms with Crippen LogP contribution in [-0.4, -0.2) is 4.98 Å². The first-order valence-electron chi connectivity index (χ1n) is 15.3. The Kier molecular flexibility index (Phi) is 5.85. The Balaban J connectivity index is 1.10. The quantitative estimate of drug-likeness (QED) is 0.196. The molecule has 0 saturated carbocycles. The molecule has 0 atom stereocenters. The molecule has 9 aromatic rings. The number of nitrogens with zero attached hydrogens (tertiary/aromatic N) is 1. The number of aromatic nitrogens is 1. The summed E-state index contributed by atoms with van der Waals surface area (Å²) < 4.78 is 6.03. The van der Waals surface area contributed by atoms with Gasteiger partial charge in [-0.3, -0.25) is 4.98 Å². The summed E-state index contributed by atoms with van der Waals surface area (Å²) in [7, 11) is 0. The molecular formula is C43H27NO. The second kappa shape index (κ2) is 10.3. The third-order valence-corrected chi connectivity index (χ3v) is 8.94. The van der Waals surface area contributed by atoms with Gasteiger partial charge in [-0.25, -0.2) is 0 Å². The van der Waals surface area contributed by atoms with Crippen LogP contribution in [0.1, 0.15) is 0 Å². The van der Waals surface area contributed by atoms with Crippen molar-refractivity contribution in [1.29, 1.82) is 0 Å². The lowest BCUT2D eigenvalue weighted by Crippen LogP contribution is -1.92. The number of hydrogen-bond donors (Lipinski definition) is 0. The van der Waals surface area contributed by atoms with E-state index >= 15 is 0 Å². The molecule has 45 heavy (non-hydrogen) atoms. The summed E-state index contributed by atoms with van der Waals surface area (Å²) in [5.41, 5.74) is 11.1. The first-order valence-corrected chi connectivity index (χ1v) is 15.3. The predicted octanol–water partition coefficient (Wildman–Crippen LogP) is 12.0. The predicted molar refractivity (Wildman–Crippen MR) is 188 cm³/mol. The molecule has 0 bridgehead atoms. The van der Waals surface area contributed by atoms with Crippen molar-refractivity contribution in [2.45, 2.75) is 0 Å². The van der Waals surface area contributed by atoms with E-state index < -0.39 is 0 Å². The van der Waals surface area contributed by atoms with Crippen LogP contribution in [-0.2, 0) is 0 Å². The van der Waals surface area contributed by atoms with E-state index in [1.165, 1.54) is 49.4 Å². The molecule has 7 aromatic carbocycles. The van der Waals surface area contributed by atoms with Gasteiger partial charge < -0.3 is 4.42 Å². The van der Waals surface area contributed by atoms with Gasteiger partial charge in [0.15, 0.2) is 0 Å². The van der Waals surface area contributed by atoms with Crippen molar-refractivity contribution in [3.05, 3.63) is 164 Å². The topological polar surface area (TPSA) is 26.0 Å². The fourth-order valence-electron chi connectivity index (χ4n) is 6.79. The fraction of sp³-hybridized carbons (Fsp3) is 0. The first kappa shape index (κ1) is 25.5. The average molecular weight is 574 g/mol. The molecule has 2 aromatic heterocycles. The van der Waals surface area contributed by atoms with E-state index in [4.69, 9.17) is 9.40 Å². The molecule has 0 spiro atoms. The second-order valence-corrected chi connectivity index (χ2v) is 11.5. The summed E-state index contributed by atoms with van der Waals surface area (Å²) in [4.78, 5) is 5.06. The maximum atomic E-state index is 6.03. The smallest absolute Gasteiger partial charge is 0.135 e. The second-order valence-electron chi connectivity index (χ2n) is 11.5. The zero-order valence-corrected chi connectivity index (χ0v) is 24.4. The maximum absolute atomic E-state index is 6.03. The van der Waals surface area contributed by atoms with Crippen LogP contribution in [0.2, 0.25) is 0 Å². The largest absolute Gasteiger partial charge is 0.456 e. The highest BCUT2D eigenvalue weighted by atomic mass is 16.3. The number of fused-ring (bicyclic) bond motifs is 5. The summed E-state index contributed by atoms with van der Waals surface area (Å²) in [6, 6.07) is 55.8. The highest BCUT2D eigenvalue weighted by Crippen LogP contribution is 2.43. The summed E-state index contributed by atoms with van der Waals surface area (Å²) in [6.45, 7) is 0. The number of furan rings is 1. The lowest BCUT2D eigenvalue weighted by molar-refractivity contribution is 0.669. The fourth-order valence-corrected chi connectivity index (χ4v) is 6.79. The zero-order valence-electron chi connectivity index (χ0n) is 24.4. The third-order valence-electron chi connectivity index (χ3n) is 8.94. The van der Waals surface area contributed by atoms with Crippen molar-refractivity contribution < 1.29 is 4.42 Å². The molecule has 0 unspecified atom stereocenters. The normalized spacial score (nSPS) is 11.6. The SMILES string of the molecule is c1ccc(-c2c3ccccc3c(-c3ccc(-c4ccc(-c5ccc6oc7ccccc7c6c5)cc4)cn3)c3ccccc23)cc1. The molecule has 2 nitrogen and oxygen atoms in total. The molecule has 0 aliphatic rings. The van der Waals surface area contributed by atoms with Crippen LogP contribution < -0.4 is 0 Å². The van der Waals surface area contributed by atoms with Gasteiger partial charge in [-0.15, -0.1) is 0 Å². The van der Waals surface area contributed by atoms with E-state index in [2.05, 4.69) is 146 Å². The Hall–Kier alpha value is -5.99. The van der Waals surface area contributed by atoms with E-state index in [-0.39, 0.29) is 0 Å². The monoisotopic (exact) mass is 573 g/mol. The number of hydrogen-bond acceptors (Lipinski definition) is 2. The maximum Gasteiger partial charge on any atom is 0.135 e. The van der Waals surface area contributed by atoms with E-state index in [0.717, 1.165) is 38.8 Å². The van der Waals surface area contributed by atoms with Crippen molar-refractivity contribution in [3.63, 3.8) is 0 Å². The molecule has 2 heterocycles. The summed E-state index contributed by atoms with van der Waals surface area (Å²) in [5.74, 6) is 0. The van der Waals surface area contributed by atoms with Gasteiger partial charge in [-0.2, -0.15) is 0 Å². The molecule has 0 fully saturated rings. The van der Waals surface area contributed by atoms with Crippen LogP contribution in [0.4, 0.5) is 0 Å². The summed E-state index contributed by atoms with van der Waals surface area (Å²) >= 11 is 0. The minimum absolute atomic E-state index is 0.915. The van der Waals surface area contributed by atoms with E-state index in [9.17, 15) is 0 Å². The molecule has 0 radical (unpaired) electrons. The van der Waals surface area contributed by atoms with Crippen molar-refractivity contribution in [2.24, 2.45) is 0 Å². The van der Waals surface area contributed by atoms with Crippen molar-refractivity contribution in [1.82, 2.24) is 4.98 Å². The van der Waals surface area contributed by atoms with Gasteiger partial charge in [-0.05, 0) is 73.6 Å². The van der Waals surface area contributed by atoms with Crippen LogP contribution >= 0.6 is 0 Å². The van der Waals surface area contributed by atoms with E-state index in [1.807, 2.05) is 18.3 Å². The Labute approximate surface area is 260 Å². The molecule has 0 aliphatic carbocycles. The van der Waals surface area contributed by atoms with Crippen LogP contribution in [0.25, 0.3) is 88.1 Å². The minimum Gasteiger partial charge on any atom is -0.456 e. The van der Waals surface area contributed by atoms with Gasteiger partial charge >= 0.3 is 0 Å². The van der Waals surface area contributed by atoms with Gasteiger partial charge in [0.1, 0.15) is 11.2 Å². The highest BCUT2D eigenvalue weighted by Gasteiger charge is 2.17. The Morgan fingerprint density at radius 3 is 1.49 bits per heavy atom. The minimum atomic E-state index is 0.915. The molecule has 0 N–H and O–H groups in total.